The number of carbonyl (C=O) groups is 1. The Hall–Kier alpha value is -4.11. The third-order valence-corrected chi connectivity index (χ3v) is 5.73. The number of Topliss-reactive ketones (excluding diaryl/α,β-unsaturated/α-hetero) is 1. The molecule has 0 aliphatic rings. The van der Waals surface area contributed by atoms with Crippen LogP contribution in [-0.4, -0.2) is 5.78 Å². The summed E-state index contributed by atoms with van der Waals surface area (Å²) in [5.74, 6) is 1.78. The van der Waals surface area contributed by atoms with Gasteiger partial charge < -0.3 is 9.47 Å². The molecule has 4 aromatic rings. The molecular formula is C33H34O3. The van der Waals surface area contributed by atoms with Gasteiger partial charge in [0, 0.05) is 5.56 Å². The summed E-state index contributed by atoms with van der Waals surface area (Å²) in [6.07, 6.45) is 0. The lowest BCUT2D eigenvalue weighted by Gasteiger charge is -2.10. The smallest absolute Gasteiger partial charge is 0.160 e. The fraction of sp³-hybridized carbons (Fsp3) is 0.182. The quantitative estimate of drug-likeness (QED) is 0.239. The molecular weight excluding hydrogens is 444 g/mol. The third kappa shape index (κ3) is 7.99. The van der Waals surface area contributed by atoms with E-state index in [1.807, 2.05) is 86.6 Å². The Morgan fingerprint density at radius 2 is 1.06 bits per heavy atom. The molecule has 184 valence electrons. The molecule has 0 unspecified atom stereocenters. The number of allylic oxidation sites excluding steroid dienone is 1. The number of ether oxygens (including phenoxy) is 2. The summed E-state index contributed by atoms with van der Waals surface area (Å²) in [6.45, 7) is 12.7. The average molecular weight is 479 g/mol. The minimum Gasteiger partial charge on any atom is -0.489 e. The Labute approximate surface area is 215 Å². The maximum atomic E-state index is 11.3. The van der Waals surface area contributed by atoms with E-state index in [4.69, 9.17) is 9.47 Å². The van der Waals surface area contributed by atoms with Crippen LogP contribution in [0.1, 0.15) is 52.0 Å². The molecule has 0 aliphatic heterocycles. The van der Waals surface area contributed by atoms with E-state index in [0.29, 0.717) is 13.2 Å². The molecule has 0 fully saturated rings. The number of rotatable bonds is 8. The Morgan fingerprint density at radius 1 is 0.639 bits per heavy atom. The summed E-state index contributed by atoms with van der Waals surface area (Å²) in [4.78, 5) is 11.3. The van der Waals surface area contributed by atoms with Crippen LogP contribution in [0.5, 0.6) is 11.5 Å². The summed E-state index contributed by atoms with van der Waals surface area (Å²) in [7, 11) is 0. The van der Waals surface area contributed by atoms with Crippen LogP contribution in [0.4, 0.5) is 0 Å². The molecule has 36 heavy (non-hydrogen) atoms. The Morgan fingerprint density at radius 3 is 1.42 bits per heavy atom. The van der Waals surface area contributed by atoms with Crippen LogP contribution in [0, 0.1) is 13.8 Å². The molecule has 0 aromatic heterocycles. The SMILES string of the molecule is C=C(C)c1ccc(OCc2ccccc2)cc1C.CC(=O)c1ccc(OCc2ccccc2)cc1C. The van der Waals surface area contributed by atoms with Gasteiger partial charge in [0.15, 0.2) is 5.78 Å². The van der Waals surface area contributed by atoms with Gasteiger partial charge in [0.25, 0.3) is 0 Å². The first-order valence-corrected chi connectivity index (χ1v) is 12.0. The number of hydrogen-bond donors (Lipinski definition) is 0. The molecule has 0 atom stereocenters. The van der Waals surface area contributed by atoms with Gasteiger partial charge in [-0.05, 0) is 85.8 Å². The molecule has 3 heteroatoms. The molecule has 0 bridgehead atoms. The number of aryl methyl sites for hydroxylation is 2. The van der Waals surface area contributed by atoms with Crippen LogP contribution in [0.25, 0.3) is 5.57 Å². The van der Waals surface area contributed by atoms with Crippen LogP contribution in [0.15, 0.2) is 104 Å². The fourth-order valence-corrected chi connectivity index (χ4v) is 3.81. The van der Waals surface area contributed by atoms with Gasteiger partial charge in [0.2, 0.25) is 0 Å². The average Bonchev–Trinajstić information content (AvgIpc) is 2.87. The zero-order chi connectivity index (χ0) is 25.9. The Kier molecular flexibility index (Phi) is 9.64. The first-order valence-electron chi connectivity index (χ1n) is 12.0. The first-order chi connectivity index (χ1) is 17.3. The number of ketones is 1. The molecule has 0 saturated heterocycles. The van der Waals surface area contributed by atoms with Crippen molar-refractivity contribution in [1.82, 2.24) is 0 Å². The lowest BCUT2D eigenvalue weighted by atomic mass is 10.0. The second-order valence-corrected chi connectivity index (χ2v) is 8.84. The van der Waals surface area contributed by atoms with Gasteiger partial charge >= 0.3 is 0 Å². The van der Waals surface area contributed by atoms with Crippen LogP contribution < -0.4 is 9.47 Å². The van der Waals surface area contributed by atoms with Crippen molar-refractivity contribution in [2.24, 2.45) is 0 Å². The molecule has 0 N–H and O–H groups in total. The van der Waals surface area contributed by atoms with Crippen molar-refractivity contribution >= 4 is 11.4 Å². The lowest BCUT2D eigenvalue weighted by Crippen LogP contribution is -1.99. The standard InChI is InChI=1S/C17H18O.C16H16O2/c1-13(2)17-10-9-16(11-14(17)3)18-12-15-7-5-4-6-8-15;1-12-10-15(8-9-16(12)13(2)17)18-11-14-6-4-3-5-7-14/h4-11H,1,12H2,2-3H3;3-10H,11H2,1-2H3. The highest BCUT2D eigenvalue weighted by molar-refractivity contribution is 5.95. The Balaban J connectivity index is 0.000000201. The van der Waals surface area contributed by atoms with Gasteiger partial charge in [-0.2, -0.15) is 0 Å². The molecule has 0 heterocycles. The highest BCUT2D eigenvalue weighted by atomic mass is 16.5. The molecule has 0 radical (unpaired) electrons. The van der Waals surface area contributed by atoms with Gasteiger partial charge in [-0.25, -0.2) is 0 Å². The zero-order valence-electron chi connectivity index (χ0n) is 21.6. The zero-order valence-corrected chi connectivity index (χ0v) is 21.6. The molecule has 0 saturated carbocycles. The van der Waals surface area contributed by atoms with Crippen molar-refractivity contribution < 1.29 is 14.3 Å². The number of benzene rings is 4. The van der Waals surface area contributed by atoms with E-state index in [2.05, 4.69) is 37.8 Å². The van der Waals surface area contributed by atoms with Crippen molar-refractivity contribution in [3.8, 4) is 11.5 Å². The molecule has 0 aliphatic carbocycles. The Bertz CT molecular complexity index is 1190. The molecule has 4 rings (SSSR count). The van der Waals surface area contributed by atoms with Crippen molar-refractivity contribution in [2.75, 3.05) is 0 Å². The van der Waals surface area contributed by atoms with Gasteiger partial charge in [0.1, 0.15) is 24.7 Å². The van der Waals surface area contributed by atoms with Crippen LogP contribution >= 0.6 is 0 Å². The van der Waals surface area contributed by atoms with E-state index in [1.165, 1.54) is 16.7 Å². The van der Waals surface area contributed by atoms with E-state index in [0.717, 1.165) is 33.8 Å². The predicted octanol–water partition coefficient (Wildman–Crippen LogP) is 8.38. The highest BCUT2D eigenvalue weighted by Crippen LogP contribution is 2.23. The maximum absolute atomic E-state index is 11.3. The van der Waals surface area contributed by atoms with Gasteiger partial charge in [-0.3, -0.25) is 4.79 Å². The van der Waals surface area contributed by atoms with Crippen molar-refractivity contribution in [3.05, 3.63) is 137 Å². The number of hydrogen-bond acceptors (Lipinski definition) is 3. The summed E-state index contributed by atoms with van der Waals surface area (Å²) in [5.41, 5.74) is 7.50. The summed E-state index contributed by atoms with van der Waals surface area (Å²) >= 11 is 0. The van der Waals surface area contributed by atoms with Gasteiger partial charge in [-0.15, -0.1) is 0 Å². The fourth-order valence-electron chi connectivity index (χ4n) is 3.81. The summed E-state index contributed by atoms with van der Waals surface area (Å²) < 4.78 is 11.5. The summed E-state index contributed by atoms with van der Waals surface area (Å²) in [5, 5.41) is 0. The number of carbonyl (C=O) groups excluding carboxylic acids is 1. The van der Waals surface area contributed by atoms with Crippen LogP contribution in [0.3, 0.4) is 0 Å². The van der Waals surface area contributed by atoms with Crippen molar-refractivity contribution in [3.63, 3.8) is 0 Å². The first kappa shape index (κ1) is 26.5. The monoisotopic (exact) mass is 478 g/mol. The molecule has 0 amide bonds. The molecule has 3 nitrogen and oxygen atoms in total. The van der Waals surface area contributed by atoms with Crippen LogP contribution in [0.2, 0.25) is 0 Å². The summed E-state index contributed by atoms with van der Waals surface area (Å²) in [6, 6.07) is 31.9. The normalized spacial score (nSPS) is 10.1. The lowest BCUT2D eigenvalue weighted by molar-refractivity contribution is 0.101. The highest BCUT2D eigenvalue weighted by Gasteiger charge is 2.05. The topological polar surface area (TPSA) is 35.5 Å². The van der Waals surface area contributed by atoms with E-state index in [9.17, 15) is 4.79 Å². The van der Waals surface area contributed by atoms with E-state index in [-0.39, 0.29) is 5.78 Å². The molecule has 0 spiro atoms. The van der Waals surface area contributed by atoms with Gasteiger partial charge in [-0.1, -0.05) is 78.9 Å². The van der Waals surface area contributed by atoms with E-state index < -0.39 is 0 Å². The van der Waals surface area contributed by atoms with E-state index in [1.54, 1.807) is 6.92 Å². The van der Waals surface area contributed by atoms with Crippen molar-refractivity contribution in [1.29, 1.82) is 0 Å². The van der Waals surface area contributed by atoms with E-state index >= 15 is 0 Å². The van der Waals surface area contributed by atoms with Gasteiger partial charge in [0.05, 0.1) is 0 Å². The largest absolute Gasteiger partial charge is 0.489 e. The predicted molar refractivity (Wildman–Crippen MR) is 149 cm³/mol. The minimum atomic E-state index is 0.0853. The second kappa shape index (κ2) is 13.1. The maximum Gasteiger partial charge on any atom is 0.160 e. The van der Waals surface area contributed by atoms with Crippen molar-refractivity contribution in [2.45, 2.75) is 40.9 Å². The third-order valence-electron chi connectivity index (χ3n) is 5.73. The second-order valence-electron chi connectivity index (χ2n) is 8.84. The molecule has 4 aromatic carbocycles. The minimum absolute atomic E-state index is 0.0853. The van der Waals surface area contributed by atoms with Crippen LogP contribution in [-0.2, 0) is 13.2 Å².